The van der Waals surface area contributed by atoms with Crippen molar-refractivity contribution in [3.8, 4) is 0 Å². The van der Waals surface area contributed by atoms with Crippen molar-refractivity contribution in [3.63, 3.8) is 0 Å². The summed E-state index contributed by atoms with van der Waals surface area (Å²) in [4.78, 5) is 10.00. The molecule has 0 spiro atoms. The number of carbonyl (C=O) groups is 1. The molecule has 0 N–H and O–H groups in total. The minimum Gasteiger partial charge on any atom is -0.303 e. The molecule has 0 unspecified atom stereocenters. The fraction of sp³-hybridized carbons (Fsp3) is 0.700. The lowest BCUT2D eigenvalue weighted by atomic mass is 9.89. The summed E-state index contributed by atoms with van der Waals surface area (Å²) >= 11 is 0. The van der Waals surface area contributed by atoms with E-state index in [9.17, 15) is 4.79 Å². The fourth-order valence-electron chi connectivity index (χ4n) is 1.65. The monoisotopic (exact) mass is 152 g/mol. The quantitative estimate of drug-likeness (QED) is 0.449. The van der Waals surface area contributed by atoms with E-state index in [1.54, 1.807) is 0 Å². The van der Waals surface area contributed by atoms with E-state index < -0.39 is 0 Å². The number of allylic oxidation sites excluding steroid dienone is 2. The third-order valence-electron chi connectivity index (χ3n) is 2.29. The van der Waals surface area contributed by atoms with E-state index in [-0.39, 0.29) is 0 Å². The average Bonchev–Trinajstić information content (AvgIpc) is 2.07. The Labute approximate surface area is 68.5 Å². The molecule has 11 heavy (non-hydrogen) atoms. The third-order valence-corrected chi connectivity index (χ3v) is 2.29. The molecule has 0 aliphatic heterocycles. The smallest absolute Gasteiger partial charge is 0.123 e. The molecule has 0 aromatic heterocycles. The number of rotatable bonds is 3. The SMILES string of the molecule is O=CC/C=C/C1CCCCC1. The molecule has 1 rings (SSSR count). The van der Waals surface area contributed by atoms with E-state index in [1.165, 1.54) is 32.1 Å². The van der Waals surface area contributed by atoms with E-state index in [2.05, 4.69) is 6.08 Å². The van der Waals surface area contributed by atoms with Gasteiger partial charge in [-0.15, -0.1) is 0 Å². The number of carbonyl (C=O) groups excluding carboxylic acids is 1. The molecule has 1 aliphatic rings. The molecule has 0 aromatic carbocycles. The summed E-state index contributed by atoms with van der Waals surface area (Å²) < 4.78 is 0. The van der Waals surface area contributed by atoms with Crippen LogP contribution in [-0.4, -0.2) is 6.29 Å². The molecule has 0 aromatic rings. The average molecular weight is 152 g/mol. The Balaban J connectivity index is 2.18. The molecule has 1 nitrogen and oxygen atoms in total. The normalized spacial score (nSPS) is 20.7. The summed E-state index contributed by atoms with van der Waals surface area (Å²) in [7, 11) is 0. The minimum absolute atomic E-state index is 0.594. The summed E-state index contributed by atoms with van der Waals surface area (Å²) in [5.41, 5.74) is 0. The number of hydrogen-bond donors (Lipinski definition) is 0. The summed E-state index contributed by atoms with van der Waals surface area (Å²) in [5.74, 6) is 0.767. The van der Waals surface area contributed by atoms with Crippen LogP contribution in [0.3, 0.4) is 0 Å². The number of aldehydes is 1. The van der Waals surface area contributed by atoms with E-state index in [4.69, 9.17) is 0 Å². The van der Waals surface area contributed by atoms with Gasteiger partial charge in [0, 0.05) is 6.42 Å². The third kappa shape index (κ3) is 3.35. The maximum atomic E-state index is 10.00. The highest BCUT2D eigenvalue weighted by molar-refractivity contribution is 5.51. The van der Waals surface area contributed by atoms with Crippen molar-refractivity contribution in [2.75, 3.05) is 0 Å². The lowest BCUT2D eigenvalue weighted by Crippen LogP contribution is -2.02. The van der Waals surface area contributed by atoms with E-state index in [1.807, 2.05) is 6.08 Å². The molecule has 1 aliphatic carbocycles. The molecule has 1 saturated carbocycles. The van der Waals surface area contributed by atoms with Gasteiger partial charge in [0.05, 0.1) is 0 Å². The van der Waals surface area contributed by atoms with Gasteiger partial charge in [-0.2, -0.15) is 0 Å². The lowest BCUT2D eigenvalue weighted by molar-refractivity contribution is -0.107. The van der Waals surface area contributed by atoms with Gasteiger partial charge in [0.15, 0.2) is 0 Å². The van der Waals surface area contributed by atoms with Gasteiger partial charge in [0.25, 0.3) is 0 Å². The van der Waals surface area contributed by atoms with Crippen LogP contribution in [0.2, 0.25) is 0 Å². The molecule has 1 heteroatoms. The topological polar surface area (TPSA) is 17.1 Å². The standard InChI is InChI=1S/C10H16O/c11-9-5-4-8-10-6-2-1-3-7-10/h4,8-10H,1-3,5-7H2/b8-4+. The van der Waals surface area contributed by atoms with Crippen molar-refractivity contribution < 1.29 is 4.79 Å². The molecular formula is C10H16O. The van der Waals surface area contributed by atoms with Gasteiger partial charge in [0.1, 0.15) is 6.29 Å². The summed E-state index contributed by atoms with van der Waals surface area (Å²) in [6, 6.07) is 0. The largest absolute Gasteiger partial charge is 0.303 e. The zero-order valence-corrected chi connectivity index (χ0v) is 6.96. The summed E-state index contributed by atoms with van der Waals surface area (Å²) in [6.07, 6.45) is 12.6. The van der Waals surface area contributed by atoms with Crippen molar-refractivity contribution in [3.05, 3.63) is 12.2 Å². The van der Waals surface area contributed by atoms with Crippen molar-refractivity contribution in [2.45, 2.75) is 38.5 Å². The maximum absolute atomic E-state index is 10.00. The van der Waals surface area contributed by atoms with Crippen LogP contribution in [0.5, 0.6) is 0 Å². The Bertz CT molecular complexity index is 132. The fourth-order valence-corrected chi connectivity index (χ4v) is 1.65. The van der Waals surface area contributed by atoms with Crippen LogP contribution in [0.15, 0.2) is 12.2 Å². The summed E-state index contributed by atoms with van der Waals surface area (Å²) in [5, 5.41) is 0. The Morgan fingerprint density at radius 1 is 1.18 bits per heavy atom. The van der Waals surface area contributed by atoms with E-state index in [0.717, 1.165) is 12.2 Å². The van der Waals surface area contributed by atoms with Crippen LogP contribution >= 0.6 is 0 Å². The molecule has 0 bridgehead atoms. The van der Waals surface area contributed by atoms with Crippen molar-refractivity contribution in [1.29, 1.82) is 0 Å². The molecule has 0 atom stereocenters. The first kappa shape index (κ1) is 8.51. The maximum Gasteiger partial charge on any atom is 0.123 e. The summed E-state index contributed by atoms with van der Waals surface area (Å²) in [6.45, 7) is 0. The van der Waals surface area contributed by atoms with Crippen LogP contribution < -0.4 is 0 Å². The zero-order valence-electron chi connectivity index (χ0n) is 6.96. The predicted molar refractivity (Wildman–Crippen MR) is 46.4 cm³/mol. The van der Waals surface area contributed by atoms with Gasteiger partial charge in [-0.05, 0) is 18.8 Å². The second-order valence-electron chi connectivity index (χ2n) is 3.23. The first-order valence-electron chi connectivity index (χ1n) is 4.54. The molecule has 1 fully saturated rings. The van der Waals surface area contributed by atoms with Crippen LogP contribution in [0, 0.1) is 5.92 Å². The van der Waals surface area contributed by atoms with Gasteiger partial charge in [-0.3, -0.25) is 0 Å². The van der Waals surface area contributed by atoms with Crippen LogP contribution in [0.1, 0.15) is 38.5 Å². The molecule has 0 saturated heterocycles. The van der Waals surface area contributed by atoms with Crippen LogP contribution in [0.25, 0.3) is 0 Å². The zero-order chi connectivity index (χ0) is 7.94. The molecule has 0 amide bonds. The Kier molecular flexibility index (Phi) is 3.95. The highest BCUT2D eigenvalue weighted by Crippen LogP contribution is 2.24. The van der Waals surface area contributed by atoms with Crippen molar-refractivity contribution >= 4 is 6.29 Å². The first-order valence-corrected chi connectivity index (χ1v) is 4.54. The van der Waals surface area contributed by atoms with Crippen molar-refractivity contribution in [2.24, 2.45) is 5.92 Å². The van der Waals surface area contributed by atoms with Gasteiger partial charge < -0.3 is 4.79 Å². The van der Waals surface area contributed by atoms with Gasteiger partial charge in [0.2, 0.25) is 0 Å². The highest BCUT2D eigenvalue weighted by atomic mass is 16.1. The highest BCUT2D eigenvalue weighted by Gasteiger charge is 2.08. The van der Waals surface area contributed by atoms with Gasteiger partial charge >= 0.3 is 0 Å². The molecular weight excluding hydrogens is 136 g/mol. The Morgan fingerprint density at radius 3 is 2.55 bits per heavy atom. The number of hydrogen-bond acceptors (Lipinski definition) is 1. The predicted octanol–water partition coefficient (Wildman–Crippen LogP) is 2.71. The van der Waals surface area contributed by atoms with Gasteiger partial charge in [-0.25, -0.2) is 0 Å². The minimum atomic E-state index is 0.594. The first-order chi connectivity index (χ1) is 5.43. The van der Waals surface area contributed by atoms with Crippen LogP contribution in [-0.2, 0) is 4.79 Å². The van der Waals surface area contributed by atoms with Gasteiger partial charge in [-0.1, -0.05) is 31.4 Å². The Morgan fingerprint density at radius 2 is 1.91 bits per heavy atom. The molecule has 0 heterocycles. The lowest BCUT2D eigenvalue weighted by Gasteiger charge is -2.17. The second-order valence-corrected chi connectivity index (χ2v) is 3.23. The van der Waals surface area contributed by atoms with E-state index >= 15 is 0 Å². The molecule has 62 valence electrons. The van der Waals surface area contributed by atoms with Crippen LogP contribution in [0.4, 0.5) is 0 Å². The van der Waals surface area contributed by atoms with Crippen molar-refractivity contribution in [1.82, 2.24) is 0 Å². The van der Waals surface area contributed by atoms with E-state index in [0.29, 0.717) is 6.42 Å². The Hall–Kier alpha value is -0.590. The molecule has 0 radical (unpaired) electrons. The second kappa shape index (κ2) is 5.11.